The van der Waals surface area contributed by atoms with E-state index in [0.29, 0.717) is 25.1 Å². The van der Waals surface area contributed by atoms with Crippen LogP contribution in [0.3, 0.4) is 0 Å². The monoisotopic (exact) mass is 406 g/mol. The van der Waals surface area contributed by atoms with Crippen LogP contribution >= 0.6 is 0 Å². The van der Waals surface area contributed by atoms with Gasteiger partial charge in [0.15, 0.2) is 0 Å². The number of fused-ring (bicyclic) bond motifs is 1. The van der Waals surface area contributed by atoms with Gasteiger partial charge < -0.3 is 15.0 Å². The highest BCUT2D eigenvalue weighted by Crippen LogP contribution is 2.23. The number of ether oxygens (including phenoxy) is 1. The fourth-order valence-corrected chi connectivity index (χ4v) is 4.32. The third-order valence-electron chi connectivity index (χ3n) is 6.05. The number of nitrogens with zero attached hydrogens (tertiary/aromatic N) is 5. The second kappa shape index (κ2) is 8.39. The Kier molecular flexibility index (Phi) is 5.31. The summed E-state index contributed by atoms with van der Waals surface area (Å²) in [5.41, 5.74) is 2.66. The molecule has 0 aliphatic carbocycles. The number of piperidine rings is 1. The van der Waals surface area contributed by atoms with E-state index in [4.69, 9.17) is 9.72 Å². The number of carbonyl (C=O) groups excluding carboxylic acids is 1. The van der Waals surface area contributed by atoms with Gasteiger partial charge in [-0.15, -0.1) is 0 Å². The van der Waals surface area contributed by atoms with Gasteiger partial charge in [-0.1, -0.05) is 6.07 Å². The van der Waals surface area contributed by atoms with Crippen molar-refractivity contribution >= 4 is 17.5 Å². The molecule has 0 aromatic carbocycles. The van der Waals surface area contributed by atoms with E-state index in [2.05, 4.69) is 15.3 Å². The Bertz CT molecular complexity index is 1020. The number of carbonyl (C=O) groups is 1. The normalized spacial score (nSPS) is 18.6. The topological polar surface area (TPSA) is 84.6 Å². The molecule has 8 nitrogen and oxygen atoms in total. The number of likely N-dealkylation sites (tertiary alicyclic amines) is 1. The van der Waals surface area contributed by atoms with E-state index in [1.165, 1.54) is 0 Å². The zero-order valence-corrected chi connectivity index (χ0v) is 16.9. The third-order valence-corrected chi connectivity index (χ3v) is 6.05. The molecule has 0 spiro atoms. The fraction of sp³-hybridized carbons (Fsp3) is 0.455. The molecule has 5 rings (SSSR count). The summed E-state index contributed by atoms with van der Waals surface area (Å²) in [4.78, 5) is 28.3. The van der Waals surface area contributed by atoms with Crippen LogP contribution < -0.4 is 5.32 Å². The van der Waals surface area contributed by atoms with Crippen molar-refractivity contribution in [3.63, 3.8) is 0 Å². The number of aromatic nitrogens is 4. The number of amides is 1. The van der Waals surface area contributed by atoms with Gasteiger partial charge in [0.05, 0.1) is 17.6 Å². The lowest BCUT2D eigenvalue weighted by Gasteiger charge is -2.35. The minimum absolute atomic E-state index is 0.133. The average molecular weight is 406 g/mol. The predicted octanol–water partition coefficient (Wildman–Crippen LogP) is 2.62. The lowest BCUT2D eigenvalue weighted by molar-refractivity contribution is -0.139. The van der Waals surface area contributed by atoms with Crippen LogP contribution in [0.25, 0.3) is 17.0 Å². The van der Waals surface area contributed by atoms with Crippen LogP contribution in [0, 0.1) is 5.92 Å². The summed E-state index contributed by atoms with van der Waals surface area (Å²) in [6.07, 6.45) is 9.09. The van der Waals surface area contributed by atoms with Gasteiger partial charge in [0, 0.05) is 50.7 Å². The molecule has 8 heteroatoms. The number of nitrogens with one attached hydrogen (secondary N) is 1. The van der Waals surface area contributed by atoms with Crippen LogP contribution in [0.4, 0.5) is 5.95 Å². The summed E-state index contributed by atoms with van der Waals surface area (Å²) in [5.74, 6) is 1.05. The highest BCUT2D eigenvalue weighted by Gasteiger charge is 2.29. The van der Waals surface area contributed by atoms with E-state index in [1.54, 1.807) is 6.20 Å². The lowest BCUT2D eigenvalue weighted by Crippen LogP contribution is -2.45. The number of hydrogen-bond donors (Lipinski definition) is 1. The Morgan fingerprint density at radius 3 is 2.73 bits per heavy atom. The molecule has 30 heavy (non-hydrogen) atoms. The van der Waals surface area contributed by atoms with Gasteiger partial charge in [-0.2, -0.15) is 0 Å². The zero-order valence-electron chi connectivity index (χ0n) is 16.9. The van der Waals surface area contributed by atoms with Gasteiger partial charge in [-0.25, -0.2) is 15.0 Å². The molecule has 2 aliphatic rings. The molecule has 0 atom stereocenters. The number of hydrogen-bond acceptors (Lipinski definition) is 6. The molecule has 2 aliphatic heterocycles. The van der Waals surface area contributed by atoms with E-state index >= 15 is 0 Å². The molecule has 156 valence electrons. The molecule has 0 radical (unpaired) electrons. The third kappa shape index (κ3) is 3.87. The first-order chi connectivity index (χ1) is 14.8. The summed E-state index contributed by atoms with van der Waals surface area (Å²) < 4.78 is 7.40. The molecule has 1 amide bonds. The van der Waals surface area contributed by atoms with Gasteiger partial charge in [0.2, 0.25) is 11.9 Å². The largest absolute Gasteiger partial charge is 0.381 e. The maximum atomic E-state index is 12.7. The maximum Gasteiger partial charge on any atom is 0.225 e. The van der Waals surface area contributed by atoms with Crippen LogP contribution in [0.5, 0.6) is 0 Å². The number of rotatable bonds is 4. The number of anilines is 1. The predicted molar refractivity (Wildman–Crippen MR) is 113 cm³/mol. The Labute approximate surface area is 175 Å². The zero-order chi connectivity index (χ0) is 20.3. The molecule has 5 heterocycles. The van der Waals surface area contributed by atoms with E-state index in [1.807, 2.05) is 46.0 Å². The summed E-state index contributed by atoms with van der Waals surface area (Å²) in [5, 5.41) is 3.46. The Hall–Kier alpha value is -3.00. The van der Waals surface area contributed by atoms with Crippen LogP contribution in [0.15, 0.2) is 42.9 Å². The molecule has 2 saturated heterocycles. The van der Waals surface area contributed by atoms with Gasteiger partial charge in [0.1, 0.15) is 5.65 Å². The maximum absolute atomic E-state index is 12.7. The van der Waals surface area contributed by atoms with Crippen LogP contribution in [-0.4, -0.2) is 62.5 Å². The average Bonchev–Trinajstić information content (AvgIpc) is 3.24. The molecular weight excluding hydrogens is 380 g/mol. The Balaban J connectivity index is 1.22. The van der Waals surface area contributed by atoms with Crippen molar-refractivity contribution in [2.75, 3.05) is 31.6 Å². The van der Waals surface area contributed by atoms with E-state index < -0.39 is 0 Å². The molecule has 0 bridgehead atoms. The van der Waals surface area contributed by atoms with Crippen molar-refractivity contribution in [2.45, 2.75) is 31.7 Å². The van der Waals surface area contributed by atoms with Crippen molar-refractivity contribution in [1.29, 1.82) is 0 Å². The van der Waals surface area contributed by atoms with Gasteiger partial charge in [0.25, 0.3) is 0 Å². The van der Waals surface area contributed by atoms with Crippen molar-refractivity contribution in [2.24, 2.45) is 5.92 Å². The summed E-state index contributed by atoms with van der Waals surface area (Å²) in [6.45, 7) is 2.96. The minimum Gasteiger partial charge on any atom is -0.381 e. The molecule has 2 fully saturated rings. The summed E-state index contributed by atoms with van der Waals surface area (Å²) >= 11 is 0. The first-order valence-corrected chi connectivity index (χ1v) is 10.7. The highest BCUT2D eigenvalue weighted by molar-refractivity contribution is 5.79. The molecule has 0 unspecified atom stereocenters. The SMILES string of the molecule is O=C(C1CCOCC1)N1CCC(Nc2nccc(-c3cnc4ccccn34)n2)CC1. The van der Waals surface area contributed by atoms with Crippen molar-refractivity contribution < 1.29 is 9.53 Å². The van der Waals surface area contributed by atoms with E-state index in [0.717, 1.165) is 55.8 Å². The quantitative estimate of drug-likeness (QED) is 0.717. The van der Waals surface area contributed by atoms with Crippen LogP contribution in [-0.2, 0) is 9.53 Å². The van der Waals surface area contributed by atoms with Crippen LogP contribution in [0.1, 0.15) is 25.7 Å². The summed E-state index contributed by atoms with van der Waals surface area (Å²) in [7, 11) is 0. The first kappa shape index (κ1) is 19.0. The second-order valence-electron chi connectivity index (χ2n) is 7.97. The van der Waals surface area contributed by atoms with Gasteiger partial charge in [-0.05, 0) is 43.9 Å². The smallest absolute Gasteiger partial charge is 0.225 e. The van der Waals surface area contributed by atoms with Gasteiger partial charge in [-0.3, -0.25) is 9.20 Å². The number of imidazole rings is 1. The summed E-state index contributed by atoms with van der Waals surface area (Å²) in [6, 6.07) is 8.09. The van der Waals surface area contributed by atoms with Crippen molar-refractivity contribution in [3.8, 4) is 11.4 Å². The van der Waals surface area contributed by atoms with Crippen molar-refractivity contribution in [3.05, 3.63) is 42.9 Å². The molecule has 1 N–H and O–H groups in total. The number of pyridine rings is 1. The standard InChI is InChI=1S/C22H26N6O2/c29-21(16-7-13-30-14-8-16)27-11-5-17(6-12-27)25-22-23-9-4-18(26-22)19-15-24-20-3-1-2-10-28(19)20/h1-4,9-10,15-17H,5-8,11-14H2,(H,23,25,26). The molecule has 3 aromatic heterocycles. The molecular formula is C22H26N6O2. The fourth-order valence-electron chi connectivity index (χ4n) is 4.32. The van der Waals surface area contributed by atoms with Crippen LogP contribution in [0.2, 0.25) is 0 Å². The molecule has 0 saturated carbocycles. The minimum atomic E-state index is 0.133. The molecule has 3 aromatic rings. The van der Waals surface area contributed by atoms with E-state index in [-0.39, 0.29) is 12.0 Å². The Morgan fingerprint density at radius 2 is 1.90 bits per heavy atom. The Morgan fingerprint density at radius 1 is 1.07 bits per heavy atom. The highest BCUT2D eigenvalue weighted by atomic mass is 16.5. The van der Waals surface area contributed by atoms with Gasteiger partial charge >= 0.3 is 0 Å². The van der Waals surface area contributed by atoms with E-state index in [9.17, 15) is 4.79 Å². The lowest BCUT2D eigenvalue weighted by atomic mass is 9.96. The van der Waals surface area contributed by atoms with Crippen molar-refractivity contribution in [1.82, 2.24) is 24.3 Å². The first-order valence-electron chi connectivity index (χ1n) is 10.7. The second-order valence-corrected chi connectivity index (χ2v) is 7.97.